The number of hydrogen-bond donors (Lipinski definition) is 1. The first kappa shape index (κ1) is 19.4. The number of aromatic nitrogens is 2. The molecule has 0 radical (unpaired) electrons. The fourth-order valence-corrected chi connectivity index (χ4v) is 3.47. The van der Waals surface area contributed by atoms with E-state index in [2.05, 4.69) is 35.5 Å². The molecule has 0 aliphatic carbocycles. The van der Waals surface area contributed by atoms with Gasteiger partial charge in [0, 0.05) is 25.8 Å². The molecule has 2 amide bonds. The van der Waals surface area contributed by atoms with E-state index in [1.54, 1.807) is 11.1 Å². The van der Waals surface area contributed by atoms with E-state index in [1.807, 2.05) is 24.7 Å². The minimum absolute atomic E-state index is 0.101. The molecule has 27 heavy (non-hydrogen) atoms. The Balaban J connectivity index is 1.56. The summed E-state index contributed by atoms with van der Waals surface area (Å²) < 4.78 is 7.50. The lowest BCUT2D eigenvalue weighted by atomic mass is 10.1. The fraction of sp³-hybridized carbons (Fsp3) is 0.524. The van der Waals surface area contributed by atoms with Gasteiger partial charge < -0.3 is 9.64 Å². The molecule has 1 N–H and O–H groups in total. The van der Waals surface area contributed by atoms with Crippen LogP contribution in [0.1, 0.15) is 42.4 Å². The molecule has 1 aromatic carbocycles. The highest BCUT2D eigenvalue weighted by Crippen LogP contribution is 2.18. The third kappa shape index (κ3) is 5.32. The van der Waals surface area contributed by atoms with Crippen LogP contribution in [0.15, 0.2) is 30.5 Å². The summed E-state index contributed by atoms with van der Waals surface area (Å²) in [5, 5.41) is 7.46. The number of nitrogens with zero attached hydrogens (tertiary/aromatic N) is 3. The van der Waals surface area contributed by atoms with Crippen LogP contribution in [0.2, 0.25) is 0 Å². The Labute approximate surface area is 161 Å². The Morgan fingerprint density at radius 3 is 3.00 bits per heavy atom. The highest BCUT2D eigenvalue weighted by atomic mass is 16.5. The first-order valence-electron chi connectivity index (χ1n) is 9.74. The van der Waals surface area contributed by atoms with Crippen molar-refractivity contribution in [1.82, 2.24) is 14.7 Å². The molecule has 1 saturated heterocycles. The van der Waals surface area contributed by atoms with E-state index in [9.17, 15) is 4.79 Å². The van der Waals surface area contributed by atoms with Crippen LogP contribution in [-0.2, 0) is 11.3 Å². The van der Waals surface area contributed by atoms with Crippen molar-refractivity contribution in [3.05, 3.63) is 47.2 Å². The molecule has 1 aliphatic heterocycles. The number of hydrogen-bond acceptors (Lipinski definition) is 3. The molecule has 1 atom stereocenters. The van der Waals surface area contributed by atoms with E-state index in [0.717, 1.165) is 50.2 Å². The highest BCUT2D eigenvalue weighted by Gasteiger charge is 2.17. The molecule has 0 unspecified atom stereocenters. The molecule has 1 aliphatic rings. The molecular weight excluding hydrogens is 340 g/mol. The summed E-state index contributed by atoms with van der Waals surface area (Å²) in [6.45, 7) is 6.27. The summed E-state index contributed by atoms with van der Waals surface area (Å²) in [5.74, 6) is 0.757. The van der Waals surface area contributed by atoms with E-state index in [-0.39, 0.29) is 6.03 Å². The zero-order valence-electron chi connectivity index (χ0n) is 16.6. The van der Waals surface area contributed by atoms with Gasteiger partial charge in [-0.05, 0) is 45.1 Å². The van der Waals surface area contributed by atoms with Gasteiger partial charge in [0.2, 0.25) is 0 Å². The van der Waals surface area contributed by atoms with Crippen molar-refractivity contribution in [3.63, 3.8) is 0 Å². The predicted octanol–water partition coefficient (Wildman–Crippen LogP) is 3.97. The van der Waals surface area contributed by atoms with Gasteiger partial charge in [0.1, 0.15) is 5.82 Å². The normalized spacial score (nSPS) is 16.5. The van der Waals surface area contributed by atoms with Crippen molar-refractivity contribution in [1.29, 1.82) is 0 Å². The second-order valence-electron chi connectivity index (χ2n) is 7.45. The van der Waals surface area contributed by atoms with Crippen LogP contribution in [0, 0.1) is 13.8 Å². The minimum Gasteiger partial charge on any atom is -0.378 e. The van der Waals surface area contributed by atoms with E-state index in [1.165, 1.54) is 11.1 Å². The quantitative estimate of drug-likeness (QED) is 0.802. The maximum atomic E-state index is 12.6. The third-order valence-corrected chi connectivity index (χ3v) is 5.05. The molecule has 1 aromatic heterocycles. The van der Waals surface area contributed by atoms with Gasteiger partial charge in [-0.15, -0.1) is 0 Å². The summed E-state index contributed by atoms with van der Waals surface area (Å²) in [7, 11) is 1.83. The topological polar surface area (TPSA) is 59.4 Å². The molecule has 6 nitrogen and oxygen atoms in total. The van der Waals surface area contributed by atoms with Gasteiger partial charge in [-0.25, -0.2) is 9.48 Å². The van der Waals surface area contributed by atoms with Crippen LogP contribution in [-0.4, -0.2) is 47.0 Å². The molecule has 0 bridgehead atoms. The van der Waals surface area contributed by atoms with E-state index >= 15 is 0 Å². The Kier molecular flexibility index (Phi) is 6.50. The number of nitrogens with one attached hydrogen (secondary N) is 1. The average molecular weight is 370 g/mol. The van der Waals surface area contributed by atoms with Gasteiger partial charge in [0.15, 0.2) is 0 Å². The van der Waals surface area contributed by atoms with Crippen LogP contribution < -0.4 is 5.32 Å². The monoisotopic (exact) mass is 370 g/mol. The van der Waals surface area contributed by atoms with E-state index in [0.29, 0.717) is 12.6 Å². The Morgan fingerprint density at radius 1 is 1.41 bits per heavy atom. The van der Waals surface area contributed by atoms with Crippen molar-refractivity contribution in [3.8, 4) is 0 Å². The van der Waals surface area contributed by atoms with Crippen molar-refractivity contribution in [2.75, 3.05) is 25.5 Å². The number of urea groups is 1. The zero-order valence-corrected chi connectivity index (χ0v) is 16.6. The number of rotatable bonds is 7. The summed E-state index contributed by atoms with van der Waals surface area (Å²) in [6.07, 6.45) is 6.44. The molecule has 0 saturated carbocycles. The van der Waals surface area contributed by atoms with Gasteiger partial charge in [0.05, 0.1) is 18.8 Å². The van der Waals surface area contributed by atoms with Crippen LogP contribution in [0.5, 0.6) is 0 Å². The summed E-state index contributed by atoms with van der Waals surface area (Å²) >= 11 is 0. The van der Waals surface area contributed by atoms with Crippen LogP contribution in [0.25, 0.3) is 0 Å². The SMILES string of the molecule is Cc1cccc(Cn2ncc(C)c2NC(=O)N(C)CCC[C@H]2CCCO2)c1. The molecular formula is C21H30N4O2. The lowest BCUT2D eigenvalue weighted by Crippen LogP contribution is -2.33. The van der Waals surface area contributed by atoms with E-state index in [4.69, 9.17) is 4.74 Å². The average Bonchev–Trinajstić information content (AvgIpc) is 3.27. The van der Waals surface area contributed by atoms with Crippen molar-refractivity contribution in [2.24, 2.45) is 0 Å². The van der Waals surface area contributed by atoms with Gasteiger partial charge >= 0.3 is 6.03 Å². The second-order valence-corrected chi connectivity index (χ2v) is 7.45. The lowest BCUT2D eigenvalue weighted by Gasteiger charge is -2.20. The second kappa shape index (κ2) is 9.04. The van der Waals surface area contributed by atoms with Gasteiger partial charge in [-0.3, -0.25) is 5.32 Å². The third-order valence-electron chi connectivity index (χ3n) is 5.05. The van der Waals surface area contributed by atoms with Gasteiger partial charge in [0.25, 0.3) is 0 Å². The zero-order chi connectivity index (χ0) is 19.2. The highest BCUT2D eigenvalue weighted by molar-refractivity contribution is 5.88. The maximum absolute atomic E-state index is 12.6. The first-order chi connectivity index (χ1) is 13.0. The largest absolute Gasteiger partial charge is 0.378 e. The molecule has 0 spiro atoms. The number of aryl methyl sites for hydroxylation is 2. The first-order valence-corrected chi connectivity index (χ1v) is 9.74. The number of amides is 2. The number of ether oxygens (including phenoxy) is 1. The Morgan fingerprint density at radius 2 is 2.26 bits per heavy atom. The summed E-state index contributed by atoms with van der Waals surface area (Å²) in [6, 6.07) is 8.23. The van der Waals surface area contributed by atoms with Gasteiger partial charge in [-0.2, -0.15) is 5.10 Å². The smallest absolute Gasteiger partial charge is 0.322 e. The van der Waals surface area contributed by atoms with Crippen molar-refractivity contribution in [2.45, 2.75) is 52.2 Å². The minimum atomic E-state index is -0.101. The van der Waals surface area contributed by atoms with Crippen molar-refractivity contribution >= 4 is 11.8 Å². The number of anilines is 1. The predicted molar refractivity (Wildman–Crippen MR) is 107 cm³/mol. The lowest BCUT2D eigenvalue weighted by molar-refractivity contribution is 0.100. The molecule has 2 heterocycles. The van der Waals surface area contributed by atoms with Crippen LogP contribution in [0.3, 0.4) is 0 Å². The summed E-state index contributed by atoms with van der Waals surface area (Å²) in [4.78, 5) is 14.3. The Bertz CT molecular complexity index is 765. The van der Waals surface area contributed by atoms with Gasteiger partial charge in [-0.1, -0.05) is 29.8 Å². The van der Waals surface area contributed by atoms with Crippen molar-refractivity contribution < 1.29 is 9.53 Å². The standard InChI is InChI=1S/C21H30N4O2/c1-16-7-4-8-18(13-16)15-25-20(17(2)14-22-25)23-21(26)24(3)11-5-9-19-10-6-12-27-19/h4,7-8,13-14,19H,5-6,9-12,15H2,1-3H3,(H,23,26)/t19-/m0/s1. The number of benzene rings is 1. The molecule has 1 fully saturated rings. The molecule has 146 valence electrons. The van der Waals surface area contributed by atoms with Crippen LogP contribution >= 0.6 is 0 Å². The molecule has 3 rings (SSSR count). The summed E-state index contributed by atoms with van der Waals surface area (Å²) in [5.41, 5.74) is 3.34. The molecule has 6 heteroatoms. The fourth-order valence-electron chi connectivity index (χ4n) is 3.47. The number of carbonyl (C=O) groups excluding carboxylic acids is 1. The maximum Gasteiger partial charge on any atom is 0.322 e. The number of carbonyl (C=O) groups is 1. The van der Waals surface area contributed by atoms with Crippen LogP contribution in [0.4, 0.5) is 10.6 Å². The van der Waals surface area contributed by atoms with E-state index < -0.39 is 0 Å². The Hall–Kier alpha value is -2.34. The molecule has 2 aromatic rings.